The summed E-state index contributed by atoms with van der Waals surface area (Å²) in [6.45, 7) is 6.30. The highest BCUT2D eigenvalue weighted by Gasteiger charge is 2.28. The maximum Gasteiger partial charge on any atom is 0.130 e. The molecule has 1 N–H and O–H groups in total. The summed E-state index contributed by atoms with van der Waals surface area (Å²) < 4.78 is 1.77. The molecule has 0 unspecified atom stereocenters. The number of fused-ring (bicyclic) bond motifs is 1. The zero-order valence-electron chi connectivity index (χ0n) is 19.2. The van der Waals surface area contributed by atoms with E-state index in [1.807, 2.05) is 37.8 Å². The summed E-state index contributed by atoms with van der Waals surface area (Å²) >= 11 is 0. The summed E-state index contributed by atoms with van der Waals surface area (Å²) in [5.41, 5.74) is 5.27. The molecule has 0 spiro atoms. The van der Waals surface area contributed by atoms with Crippen LogP contribution in [-0.4, -0.2) is 32.8 Å². The molecule has 5 rings (SSSR count). The Labute approximate surface area is 193 Å². The smallest absolute Gasteiger partial charge is 0.130 e. The third-order valence-corrected chi connectivity index (χ3v) is 6.24. The molecule has 1 aromatic carbocycles. The lowest BCUT2D eigenvalue weighted by atomic mass is 9.92. The number of hydrogen-bond acceptors (Lipinski definition) is 6. The highest BCUT2D eigenvalue weighted by molar-refractivity contribution is 5.98. The van der Waals surface area contributed by atoms with E-state index in [1.54, 1.807) is 10.9 Å². The average Bonchev–Trinajstić information content (AvgIpc) is 3.22. The fraction of sp³-hybridized carbons (Fsp3) is 0.308. The molecular formula is C26H27N7. The van der Waals surface area contributed by atoms with Crippen LogP contribution in [-0.2, 0) is 7.05 Å². The van der Waals surface area contributed by atoms with Crippen LogP contribution in [0.25, 0.3) is 22.0 Å². The molecule has 1 aliphatic rings. The van der Waals surface area contributed by atoms with Crippen LogP contribution in [0.15, 0.2) is 55.1 Å². The van der Waals surface area contributed by atoms with E-state index in [-0.39, 0.29) is 0 Å². The third kappa shape index (κ3) is 4.12. The highest BCUT2D eigenvalue weighted by Crippen LogP contribution is 2.37. The fourth-order valence-electron chi connectivity index (χ4n) is 4.49. The van der Waals surface area contributed by atoms with Crippen molar-refractivity contribution in [2.75, 3.05) is 23.3 Å². The second kappa shape index (κ2) is 8.55. The molecule has 33 heavy (non-hydrogen) atoms. The molecule has 4 heterocycles. The van der Waals surface area contributed by atoms with Gasteiger partial charge in [0.1, 0.15) is 5.82 Å². The minimum Gasteiger partial charge on any atom is -0.370 e. The average molecular weight is 438 g/mol. The molecule has 0 bridgehead atoms. The number of nitriles is 1. The molecule has 0 aliphatic carbocycles. The van der Waals surface area contributed by atoms with E-state index in [4.69, 9.17) is 10.2 Å². The van der Waals surface area contributed by atoms with E-state index in [0.717, 1.165) is 41.2 Å². The molecule has 3 aromatic heterocycles. The van der Waals surface area contributed by atoms with Crippen molar-refractivity contribution in [2.24, 2.45) is 13.0 Å². The molecule has 0 radical (unpaired) electrons. The van der Waals surface area contributed by atoms with Crippen molar-refractivity contribution in [3.8, 4) is 17.3 Å². The second-order valence-corrected chi connectivity index (χ2v) is 9.03. The van der Waals surface area contributed by atoms with E-state index in [2.05, 4.69) is 58.4 Å². The lowest BCUT2D eigenvalue weighted by Gasteiger charge is -2.41. The first-order valence-corrected chi connectivity index (χ1v) is 11.3. The van der Waals surface area contributed by atoms with E-state index < -0.39 is 0 Å². The monoisotopic (exact) mass is 437 g/mol. The van der Waals surface area contributed by atoms with Crippen molar-refractivity contribution >= 4 is 28.0 Å². The van der Waals surface area contributed by atoms with Gasteiger partial charge < -0.3 is 10.2 Å². The lowest BCUT2D eigenvalue weighted by molar-refractivity contribution is 0.419. The Morgan fingerprint density at radius 1 is 1.12 bits per heavy atom. The summed E-state index contributed by atoms with van der Waals surface area (Å²) in [6, 6.07) is 12.8. The van der Waals surface area contributed by atoms with Gasteiger partial charge in [-0.3, -0.25) is 9.67 Å². The fourth-order valence-corrected chi connectivity index (χ4v) is 4.49. The van der Waals surface area contributed by atoms with E-state index in [0.29, 0.717) is 18.3 Å². The van der Waals surface area contributed by atoms with Crippen molar-refractivity contribution < 1.29 is 0 Å². The zero-order chi connectivity index (χ0) is 22.9. The van der Waals surface area contributed by atoms with E-state index in [1.165, 1.54) is 16.6 Å². The Balaban J connectivity index is 1.47. The van der Waals surface area contributed by atoms with Crippen molar-refractivity contribution in [2.45, 2.75) is 26.2 Å². The quantitative estimate of drug-likeness (QED) is 0.444. The second-order valence-electron chi connectivity index (χ2n) is 9.03. The molecule has 0 amide bonds. The topological polar surface area (TPSA) is 82.7 Å². The van der Waals surface area contributed by atoms with E-state index in [9.17, 15) is 0 Å². The summed E-state index contributed by atoms with van der Waals surface area (Å²) in [6.07, 6.45) is 8.16. The lowest BCUT2D eigenvalue weighted by Crippen LogP contribution is -2.46. The first-order chi connectivity index (χ1) is 16.0. The van der Waals surface area contributed by atoms with Gasteiger partial charge in [0.25, 0.3) is 0 Å². The van der Waals surface area contributed by atoms with Crippen LogP contribution in [0.5, 0.6) is 0 Å². The molecule has 166 valence electrons. The maximum atomic E-state index is 8.97. The normalized spacial score (nSPS) is 13.8. The standard InChI is InChI=1S/C26H27N7/c1-17(2)21-4-5-25(33-14-18(15-33)6-8-27)23-13-29-26(11-22(21)23)31-20-7-9-28-24(10-20)19-12-30-32(3)16-19/h4-5,7,9-13,16-18H,6,14-15H2,1-3H3,(H,28,29,31). The third-order valence-electron chi connectivity index (χ3n) is 6.24. The molecular weight excluding hydrogens is 410 g/mol. The predicted molar refractivity (Wildman–Crippen MR) is 131 cm³/mol. The Kier molecular flexibility index (Phi) is 5.43. The first-order valence-electron chi connectivity index (χ1n) is 11.3. The van der Waals surface area contributed by atoms with Gasteiger partial charge in [-0.15, -0.1) is 0 Å². The highest BCUT2D eigenvalue weighted by atomic mass is 15.2. The van der Waals surface area contributed by atoms with Gasteiger partial charge in [-0.05, 0) is 41.1 Å². The van der Waals surface area contributed by atoms with Crippen molar-refractivity contribution in [1.29, 1.82) is 5.26 Å². The Bertz CT molecular complexity index is 1340. The number of aromatic nitrogens is 4. The molecule has 0 saturated carbocycles. The number of rotatable bonds is 6. The van der Waals surface area contributed by atoms with Crippen LogP contribution in [0.1, 0.15) is 31.7 Å². The largest absolute Gasteiger partial charge is 0.370 e. The van der Waals surface area contributed by atoms with Gasteiger partial charge in [0, 0.05) is 73.4 Å². The molecule has 4 aromatic rings. The van der Waals surface area contributed by atoms with Crippen molar-refractivity contribution in [3.63, 3.8) is 0 Å². The summed E-state index contributed by atoms with van der Waals surface area (Å²) in [5, 5.41) is 19.0. The van der Waals surface area contributed by atoms with Gasteiger partial charge in [-0.1, -0.05) is 19.9 Å². The maximum absolute atomic E-state index is 8.97. The first kappa shape index (κ1) is 21.0. The van der Waals surface area contributed by atoms with Gasteiger partial charge in [0.05, 0.1) is 18.0 Å². The minimum absolute atomic E-state index is 0.401. The molecule has 7 nitrogen and oxygen atoms in total. The van der Waals surface area contributed by atoms with E-state index >= 15 is 0 Å². The number of nitrogens with zero attached hydrogens (tertiary/aromatic N) is 6. The minimum atomic E-state index is 0.401. The number of hydrogen-bond donors (Lipinski definition) is 1. The summed E-state index contributed by atoms with van der Waals surface area (Å²) in [4.78, 5) is 11.6. The zero-order valence-corrected chi connectivity index (χ0v) is 19.2. The molecule has 1 aliphatic heterocycles. The Morgan fingerprint density at radius 2 is 1.97 bits per heavy atom. The van der Waals surface area contributed by atoms with Gasteiger partial charge >= 0.3 is 0 Å². The SMILES string of the molecule is CC(C)c1ccc(N2CC(CC#N)C2)c2cnc(Nc3ccnc(-c4cnn(C)c4)c3)cc12. The Morgan fingerprint density at radius 3 is 2.70 bits per heavy atom. The predicted octanol–water partition coefficient (Wildman–Crippen LogP) is 5.25. The molecule has 1 fully saturated rings. The number of pyridine rings is 2. The number of benzene rings is 1. The van der Waals surface area contributed by atoms with Crippen LogP contribution < -0.4 is 10.2 Å². The van der Waals surface area contributed by atoms with Crippen LogP contribution >= 0.6 is 0 Å². The van der Waals surface area contributed by atoms with Gasteiger partial charge in [0.2, 0.25) is 0 Å². The van der Waals surface area contributed by atoms with Crippen LogP contribution in [0, 0.1) is 17.2 Å². The summed E-state index contributed by atoms with van der Waals surface area (Å²) in [5.74, 6) is 1.66. The van der Waals surface area contributed by atoms with Gasteiger partial charge in [0.15, 0.2) is 0 Å². The summed E-state index contributed by atoms with van der Waals surface area (Å²) in [7, 11) is 1.90. The molecule has 0 atom stereocenters. The molecule has 7 heteroatoms. The van der Waals surface area contributed by atoms with Crippen molar-refractivity contribution in [1.82, 2.24) is 19.7 Å². The number of anilines is 3. The Hall–Kier alpha value is -3.92. The number of nitrogens with one attached hydrogen (secondary N) is 1. The number of aryl methyl sites for hydroxylation is 1. The van der Waals surface area contributed by atoms with Crippen LogP contribution in [0.3, 0.4) is 0 Å². The van der Waals surface area contributed by atoms with Crippen LogP contribution in [0.4, 0.5) is 17.2 Å². The van der Waals surface area contributed by atoms with Gasteiger partial charge in [-0.2, -0.15) is 10.4 Å². The van der Waals surface area contributed by atoms with Crippen LogP contribution in [0.2, 0.25) is 0 Å². The van der Waals surface area contributed by atoms with Gasteiger partial charge in [-0.25, -0.2) is 4.98 Å². The van der Waals surface area contributed by atoms with Crippen molar-refractivity contribution in [3.05, 3.63) is 60.7 Å². The molecule has 1 saturated heterocycles.